The minimum absolute atomic E-state index is 0.0109. The van der Waals surface area contributed by atoms with Crippen LogP contribution in [0.5, 0.6) is 0 Å². The van der Waals surface area contributed by atoms with Gasteiger partial charge in [0.2, 0.25) is 0 Å². The molecule has 4 rings (SSSR count). The van der Waals surface area contributed by atoms with E-state index in [2.05, 4.69) is 17.9 Å². The van der Waals surface area contributed by atoms with E-state index in [0.717, 1.165) is 35.3 Å². The number of thiazole rings is 1. The fraction of sp³-hybridized carbons (Fsp3) is 0.417. The molecule has 2 aromatic carbocycles. The number of fused-ring (bicyclic) bond motifs is 1. The van der Waals surface area contributed by atoms with Crippen LogP contribution in [0.1, 0.15) is 29.8 Å². The number of aryl methyl sites for hydroxylation is 1. The quantitative estimate of drug-likeness (QED) is 0.483. The Morgan fingerprint density at radius 3 is 2.64 bits per heavy atom. The number of sulfone groups is 1. The third kappa shape index (κ3) is 5.27. The van der Waals surface area contributed by atoms with E-state index >= 15 is 0 Å². The minimum Gasteiger partial charge on any atom is -0.379 e. The summed E-state index contributed by atoms with van der Waals surface area (Å²) in [4.78, 5) is 22.6. The Hall–Kier alpha value is -2.33. The molecular formula is C24H29N3O4S2. The molecule has 33 heavy (non-hydrogen) atoms. The lowest BCUT2D eigenvalue weighted by Crippen LogP contribution is -2.43. The summed E-state index contributed by atoms with van der Waals surface area (Å²) in [5.41, 5.74) is 2.42. The standard InChI is InChI=1S/C24H29N3O4S2/c1-3-18-7-6-10-21-22(18)25-24(32-21)27(12-11-26-13-15-31-16-14-26)23(28)19-8-5-9-20(17-19)33(29,30)4-2/h5-10,17H,3-4,11-16H2,1-2H3. The van der Waals surface area contributed by atoms with Crippen LogP contribution < -0.4 is 4.90 Å². The van der Waals surface area contributed by atoms with Gasteiger partial charge >= 0.3 is 0 Å². The number of morpholine rings is 1. The molecule has 0 atom stereocenters. The number of amides is 1. The van der Waals surface area contributed by atoms with Crippen LogP contribution in [0.3, 0.4) is 0 Å². The topological polar surface area (TPSA) is 79.8 Å². The molecule has 0 radical (unpaired) electrons. The van der Waals surface area contributed by atoms with Gasteiger partial charge in [-0.25, -0.2) is 13.4 Å². The Kier molecular flexibility index (Phi) is 7.43. The summed E-state index contributed by atoms with van der Waals surface area (Å²) < 4.78 is 31.2. The highest BCUT2D eigenvalue weighted by atomic mass is 32.2. The average Bonchev–Trinajstić information content (AvgIpc) is 3.29. The number of carbonyl (C=O) groups excluding carboxylic acids is 1. The van der Waals surface area contributed by atoms with E-state index in [0.29, 0.717) is 37.0 Å². The molecule has 3 aromatic rings. The molecule has 0 unspecified atom stereocenters. The van der Waals surface area contributed by atoms with Gasteiger partial charge in [-0.3, -0.25) is 14.6 Å². The molecule has 1 saturated heterocycles. The van der Waals surface area contributed by atoms with Gasteiger partial charge in [-0.05, 0) is 36.2 Å². The molecule has 1 aliphatic rings. The number of nitrogens with zero attached hydrogens (tertiary/aromatic N) is 3. The summed E-state index contributed by atoms with van der Waals surface area (Å²) in [7, 11) is -3.41. The number of ether oxygens (including phenoxy) is 1. The zero-order chi connectivity index (χ0) is 23.4. The fourth-order valence-electron chi connectivity index (χ4n) is 3.89. The van der Waals surface area contributed by atoms with Gasteiger partial charge in [-0.1, -0.05) is 43.4 Å². The summed E-state index contributed by atoms with van der Waals surface area (Å²) in [6, 6.07) is 12.4. The lowest BCUT2D eigenvalue weighted by Gasteiger charge is -2.29. The van der Waals surface area contributed by atoms with Crippen LogP contribution in [-0.2, 0) is 21.0 Å². The molecule has 1 fully saturated rings. The Morgan fingerprint density at radius 2 is 1.91 bits per heavy atom. The van der Waals surface area contributed by atoms with Gasteiger partial charge in [-0.15, -0.1) is 0 Å². The lowest BCUT2D eigenvalue weighted by molar-refractivity contribution is 0.0391. The molecule has 1 aromatic heterocycles. The third-order valence-electron chi connectivity index (χ3n) is 5.91. The van der Waals surface area contributed by atoms with Crippen LogP contribution in [0, 0.1) is 0 Å². The van der Waals surface area contributed by atoms with E-state index in [9.17, 15) is 13.2 Å². The zero-order valence-electron chi connectivity index (χ0n) is 19.0. The molecule has 2 heterocycles. The molecular weight excluding hydrogens is 458 g/mol. The highest BCUT2D eigenvalue weighted by Gasteiger charge is 2.24. The molecule has 9 heteroatoms. The van der Waals surface area contributed by atoms with Crippen molar-refractivity contribution < 1.29 is 17.9 Å². The number of hydrogen-bond donors (Lipinski definition) is 0. The van der Waals surface area contributed by atoms with Crippen molar-refractivity contribution in [1.82, 2.24) is 9.88 Å². The lowest BCUT2D eigenvalue weighted by atomic mass is 10.1. The highest BCUT2D eigenvalue weighted by Crippen LogP contribution is 2.32. The van der Waals surface area contributed by atoms with Crippen molar-refractivity contribution in [3.05, 3.63) is 53.6 Å². The number of aromatic nitrogens is 1. The molecule has 176 valence electrons. The first-order chi connectivity index (χ1) is 15.9. The first kappa shape index (κ1) is 23.8. The molecule has 1 amide bonds. The predicted octanol–water partition coefficient (Wildman–Crippen LogP) is 3.63. The van der Waals surface area contributed by atoms with Crippen molar-refractivity contribution in [2.45, 2.75) is 25.2 Å². The summed E-state index contributed by atoms with van der Waals surface area (Å²) >= 11 is 1.49. The summed E-state index contributed by atoms with van der Waals surface area (Å²) in [5, 5.41) is 0.632. The van der Waals surface area contributed by atoms with E-state index in [1.165, 1.54) is 17.4 Å². The number of carbonyl (C=O) groups is 1. The van der Waals surface area contributed by atoms with Crippen LogP contribution in [0.2, 0.25) is 0 Å². The van der Waals surface area contributed by atoms with E-state index in [4.69, 9.17) is 9.72 Å². The van der Waals surface area contributed by atoms with Gasteiger partial charge < -0.3 is 4.74 Å². The second kappa shape index (κ2) is 10.3. The SMILES string of the molecule is CCc1cccc2sc(N(CCN3CCOCC3)C(=O)c3cccc(S(=O)(=O)CC)c3)nc12. The van der Waals surface area contributed by atoms with Gasteiger partial charge in [0.15, 0.2) is 15.0 Å². The number of anilines is 1. The van der Waals surface area contributed by atoms with Gasteiger partial charge in [0.25, 0.3) is 5.91 Å². The fourth-order valence-corrected chi connectivity index (χ4v) is 5.85. The molecule has 0 aliphatic carbocycles. The average molecular weight is 488 g/mol. The van der Waals surface area contributed by atoms with E-state index in [1.807, 2.05) is 12.1 Å². The number of hydrogen-bond acceptors (Lipinski definition) is 7. The molecule has 1 aliphatic heterocycles. The minimum atomic E-state index is -3.41. The van der Waals surface area contributed by atoms with Crippen molar-refractivity contribution >= 4 is 42.4 Å². The van der Waals surface area contributed by atoms with E-state index in [1.54, 1.807) is 30.0 Å². The first-order valence-corrected chi connectivity index (χ1v) is 13.7. The maximum atomic E-state index is 13.7. The van der Waals surface area contributed by atoms with E-state index < -0.39 is 9.84 Å². The number of para-hydroxylation sites is 1. The molecule has 0 saturated carbocycles. The first-order valence-electron chi connectivity index (χ1n) is 11.3. The van der Waals surface area contributed by atoms with Gasteiger partial charge in [0.05, 0.1) is 34.1 Å². The molecule has 0 N–H and O–H groups in total. The van der Waals surface area contributed by atoms with E-state index in [-0.39, 0.29) is 16.6 Å². The summed E-state index contributed by atoms with van der Waals surface area (Å²) in [6.45, 7) is 7.87. The molecule has 0 bridgehead atoms. The maximum absolute atomic E-state index is 13.7. The number of rotatable bonds is 8. The summed E-state index contributed by atoms with van der Waals surface area (Å²) in [6.07, 6.45) is 0.860. The van der Waals surface area contributed by atoms with Crippen LogP contribution in [0.4, 0.5) is 5.13 Å². The van der Waals surface area contributed by atoms with Crippen molar-refractivity contribution in [3.63, 3.8) is 0 Å². The van der Waals surface area contributed by atoms with Crippen molar-refractivity contribution in [2.75, 3.05) is 50.0 Å². The van der Waals surface area contributed by atoms with Crippen molar-refractivity contribution in [2.24, 2.45) is 0 Å². The molecule has 7 nitrogen and oxygen atoms in total. The maximum Gasteiger partial charge on any atom is 0.260 e. The highest BCUT2D eigenvalue weighted by molar-refractivity contribution is 7.91. The Labute approximate surface area is 198 Å². The third-order valence-corrected chi connectivity index (χ3v) is 8.69. The largest absolute Gasteiger partial charge is 0.379 e. The summed E-state index contributed by atoms with van der Waals surface area (Å²) in [5.74, 6) is -0.253. The second-order valence-electron chi connectivity index (χ2n) is 7.96. The predicted molar refractivity (Wildman–Crippen MR) is 132 cm³/mol. The second-order valence-corrected chi connectivity index (χ2v) is 11.2. The van der Waals surface area contributed by atoms with Crippen molar-refractivity contribution in [1.29, 1.82) is 0 Å². The number of benzene rings is 2. The van der Waals surface area contributed by atoms with Gasteiger partial charge in [0.1, 0.15) is 0 Å². The van der Waals surface area contributed by atoms with Crippen LogP contribution >= 0.6 is 11.3 Å². The van der Waals surface area contributed by atoms with Crippen LogP contribution in [0.25, 0.3) is 10.2 Å². The van der Waals surface area contributed by atoms with Gasteiger partial charge in [0, 0.05) is 31.7 Å². The molecule has 0 spiro atoms. The van der Waals surface area contributed by atoms with Crippen molar-refractivity contribution in [3.8, 4) is 0 Å². The zero-order valence-corrected chi connectivity index (χ0v) is 20.6. The Balaban J connectivity index is 1.69. The Morgan fingerprint density at radius 1 is 1.15 bits per heavy atom. The monoisotopic (exact) mass is 487 g/mol. The van der Waals surface area contributed by atoms with Crippen LogP contribution in [-0.4, -0.2) is 69.4 Å². The van der Waals surface area contributed by atoms with Crippen LogP contribution in [0.15, 0.2) is 47.4 Å². The smallest absolute Gasteiger partial charge is 0.260 e. The Bertz CT molecular complexity index is 1230. The van der Waals surface area contributed by atoms with Gasteiger partial charge in [-0.2, -0.15) is 0 Å². The normalized spacial score (nSPS) is 15.1.